The SMILES string of the molecule is CS/C(Cl)=C(\NC=O)[P+](c1ccccc1)(c1ccccc1)c1ccccc1. The molecular weight excluding hydrogens is 393 g/mol. The zero-order valence-electron chi connectivity index (χ0n) is 14.9. The maximum atomic E-state index is 11.6. The topological polar surface area (TPSA) is 29.1 Å². The van der Waals surface area contributed by atoms with Crippen molar-refractivity contribution in [2.24, 2.45) is 0 Å². The summed E-state index contributed by atoms with van der Waals surface area (Å²) < 4.78 is 0.590. The van der Waals surface area contributed by atoms with Crippen LogP contribution in [0.25, 0.3) is 0 Å². The van der Waals surface area contributed by atoms with E-state index in [4.69, 9.17) is 11.6 Å². The number of amides is 1. The second-order valence-corrected chi connectivity index (χ2v) is 10.5. The summed E-state index contributed by atoms with van der Waals surface area (Å²) in [5, 5.41) is 6.38. The number of halogens is 1. The fourth-order valence-electron chi connectivity index (χ4n) is 3.23. The molecule has 0 radical (unpaired) electrons. The van der Waals surface area contributed by atoms with Gasteiger partial charge in [0.2, 0.25) is 11.8 Å². The summed E-state index contributed by atoms with van der Waals surface area (Å²) in [6, 6.07) is 30.9. The number of nitrogens with one attached hydrogen (secondary N) is 1. The van der Waals surface area contributed by atoms with Gasteiger partial charge in [-0.1, -0.05) is 66.2 Å². The highest BCUT2D eigenvalue weighted by molar-refractivity contribution is 8.05. The molecule has 0 saturated heterocycles. The second-order valence-electron chi connectivity index (χ2n) is 5.77. The minimum atomic E-state index is -2.37. The van der Waals surface area contributed by atoms with Gasteiger partial charge >= 0.3 is 0 Å². The number of carbonyl (C=O) groups excluding carboxylic acids is 1. The third-order valence-electron chi connectivity index (χ3n) is 4.33. The monoisotopic (exact) mass is 412 g/mol. The maximum Gasteiger partial charge on any atom is 0.214 e. The Bertz CT molecular complexity index is 820. The van der Waals surface area contributed by atoms with E-state index in [0.717, 1.165) is 27.8 Å². The van der Waals surface area contributed by atoms with E-state index in [-0.39, 0.29) is 0 Å². The normalized spacial score (nSPS) is 12.2. The molecule has 5 heteroatoms. The van der Waals surface area contributed by atoms with E-state index in [1.807, 2.05) is 60.9 Å². The fourth-order valence-corrected chi connectivity index (χ4v) is 8.64. The highest BCUT2D eigenvalue weighted by Gasteiger charge is 2.51. The summed E-state index contributed by atoms with van der Waals surface area (Å²) in [6.45, 7) is 0. The Morgan fingerprint density at radius 1 is 0.815 bits per heavy atom. The highest BCUT2D eigenvalue weighted by atomic mass is 35.5. The lowest BCUT2D eigenvalue weighted by atomic mass is 10.4. The van der Waals surface area contributed by atoms with E-state index in [9.17, 15) is 4.79 Å². The smallest absolute Gasteiger partial charge is 0.214 e. The lowest BCUT2D eigenvalue weighted by Gasteiger charge is -2.29. The van der Waals surface area contributed by atoms with Gasteiger partial charge in [-0.15, -0.1) is 11.8 Å². The Labute approximate surface area is 170 Å². The molecule has 0 spiro atoms. The number of hydrogen-bond donors (Lipinski definition) is 1. The number of hydrogen-bond acceptors (Lipinski definition) is 2. The van der Waals surface area contributed by atoms with Gasteiger partial charge in [0.1, 0.15) is 20.3 Å². The third kappa shape index (κ3) is 3.82. The first-order valence-electron chi connectivity index (χ1n) is 8.45. The summed E-state index contributed by atoms with van der Waals surface area (Å²) in [5.74, 6) is 0. The zero-order chi connectivity index (χ0) is 19.1. The Morgan fingerprint density at radius 3 is 1.48 bits per heavy atom. The van der Waals surface area contributed by atoms with Crippen molar-refractivity contribution in [1.82, 2.24) is 5.32 Å². The molecule has 1 amide bonds. The molecule has 0 aromatic heterocycles. The van der Waals surface area contributed by atoms with Gasteiger partial charge in [-0.05, 0) is 42.7 Å². The van der Waals surface area contributed by atoms with Crippen molar-refractivity contribution in [3.63, 3.8) is 0 Å². The Balaban J connectivity index is 2.49. The molecule has 0 fully saturated rings. The zero-order valence-corrected chi connectivity index (χ0v) is 17.3. The van der Waals surface area contributed by atoms with Gasteiger partial charge in [0, 0.05) is 0 Å². The first-order valence-corrected chi connectivity index (χ1v) is 11.8. The first kappa shape index (κ1) is 19.7. The van der Waals surface area contributed by atoms with E-state index in [2.05, 4.69) is 41.7 Å². The lowest BCUT2D eigenvalue weighted by Crippen LogP contribution is -2.36. The summed E-state index contributed by atoms with van der Waals surface area (Å²) in [7, 11) is -2.37. The second kappa shape index (κ2) is 9.23. The van der Waals surface area contributed by atoms with E-state index in [0.29, 0.717) is 4.36 Å². The molecule has 27 heavy (non-hydrogen) atoms. The molecule has 0 aliphatic rings. The molecule has 1 N–H and O–H groups in total. The minimum absolute atomic E-state index is 0.590. The quantitative estimate of drug-likeness (QED) is 0.458. The van der Waals surface area contributed by atoms with Crippen LogP contribution in [0.4, 0.5) is 0 Å². The minimum Gasteiger partial charge on any atom is -0.297 e. The number of carbonyl (C=O) groups is 1. The maximum absolute atomic E-state index is 11.6. The van der Waals surface area contributed by atoms with E-state index in [1.54, 1.807) is 0 Å². The van der Waals surface area contributed by atoms with Crippen LogP contribution in [0.15, 0.2) is 101 Å². The Kier molecular flexibility index (Phi) is 6.73. The van der Waals surface area contributed by atoms with E-state index >= 15 is 0 Å². The molecular formula is C22H20ClNOPS+. The van der Waals surface area contributed by atoms with E-state index < -0.39 is 7.26 Å². The van der Waals surface area contributed by atoms with Crippen molar-refractivity contribution >= 4 is 52.9 Å². The van der Waals surface area contributed by atoms with Gasteiger partial charge in [0.25, 0.3) is 0 Å². The molecule has 3 rings (SSSR count). The standard InChI is InChI=1S/C22H19ClNOPS/c1-27-21(23)22(24-17-25)26(18-11-5-2-6-12-18,19-13-7-3-8-14-19)20-15-9-4-10-16-20/h2-17H,1H3/p+1/b22-21+. The third-order valence-corrected chi connectivity index (χ3v) is 10.1. The Morgan fingerprint density at radius 2 is 1.19 bits per heavy atom. The predicted molar refractivity (Wildman–Crippen MR) is 121 cm³/mol. The predicted octanol–water partition coefficient (Wildman–Crippen LogP) is 4.45. The van der Waals surface area contributed by atoms with Gasteiger partial charge in [0.05, 0.1) is 0 Å². The van der Waals surface area contributed by atoms with Crippen LogP contribution in [-0.2, 0) is 4.79 Å². The molecule has 0 bridgehead atoms. The molecule has 0 aliphatic carbocycles. The van der Waals surface area contributed by atoms with Crippen LogP contribution in [0.5, 0.6) is 0 Å². The first-order chi connectivity index (χ1) is 13.2. The molecule has 3 aromatic carbocycles. The molecule has 0 aliphatic heterocycles. The van der Waals surface area contributed by atoms with Crippen LogP contribution >= 0.6 is 30.6 Å². The number of rotatable bonds is 7. The van der Waals surface area contributed by atoms with E-state index in [1.165, 1.54) is 11.8 Å². The summed E-state index contributed by atoms with van der Waals surface area (Å²) in [4.78, 5) is 11.6. The summed E-state index contributed by atoms with van der Waals surface area (Å²) in [5.41, 5.74) is 0.760. The summed E-state index contributed by atoms with van der Waals surface area (Å²) >= 11 is 8.13. The average Bonchev–Trinajstić information content (AvgIpc) is 2.75. The van der Waals surface area contributed by atoms with Crippen LogP contribution in [0.2, 0.25) is 0 Å². The molecule has 136 valence electrons. The van der Waals surface area contributed by atoms with Crippen molar-refractivity contribution in [3.8, 4) is 0 Å². The van der Waals surface area contributed by atoms with Crippen molar-refractivity contribution in [1.29, 1.82) is 0 Å². The largest absolute Gasteiger partial charge is 0.297 e. The molecule has 0 unspecified atom stereocenters. The van der Waals surface area contributed by atoms with Crippen LogP contribution in [0.3, 0.4) is 0 Å². The summed E-state index contributed by atoms with van der Waals surface area (Å²) in [6.07, 6.45) is 2.64. The van der Waals surface area contributed by atoms with Crippen LogP contribution in [0.1, 0.15) is 0 Å². The van der Waals surface area contributed by atoms with Crippen LogP contribution in [-0.4, -0.2) is 12.7 Å². The lowest BCUT2D eigenvalue weighted by molar-refractivity contribution is -0.108. The Hall–Kier alpha value is -2.06. The van der Waals surface area contributed by atoms with Gasteiger partial charge in [-0.2, -0.15) is 0 Å². The van der Waals surface area contributed by atoms with Crippen LogP contribution in [0, 0.1) is 0 Å². The molecule has 3 aromatic rings. The van der Waals surface area contributed by atoms with Crippen molar-refractivity contribution in [3.05, 3.63) is 101 Å². The molecule has 0 saturated carbocycles. The number of benzene rings is 3. The number of thioether (sulfide) groups is 1. The van der Waals surface area contributed by atoms with Gasteiger partial charge < -0.3 is 0 Å². The van der Waals surface area contributed by atoms with Gasteiger partial charge in [0.15, 0.2) is 7.26 Å². The fraction of sp³-hybridized carbons (Fsp3) is 0.0455. The van der Waals surface area contributed by atoms with Gasteiger partial charge in [-0.25, -0.2) is 0 Å². The average molecular weight is 413 g/mol. The molecule has 2 nitrogen and oxygen atoms in total. The van der Waals surface area contributed by atoms with Crippen molar-refractivity contribution in [2.75, 3.05) is 6.26 Å². The molecule has 0 heterocycles. The highest BCUT2D eigenvalue weighted by Crippen LogP contribution is 2.63. The van der Waals surface area contributed by atoms with Gasteiger partial charge in [-0.3, -0.25) is 10.1 Å². The van der Waals surface area contributed by atoms with Crippen molar-refractivity contribution in [2.45, 2.75) is 0 Å². The van der Waals surface area contributed by atoms with Crippen molar-refractivity contribution < 1.29 is 4.79 Å². The molecule has 0 atom stereocenters. The van der Waals surface area contributed by atoms with Crippen LogP contribution < -0.4 is 21.2 Å².